The first-order chi connectivity index (χ1) is 15.8. The molecule has 2 aromatic carbocycles. The standard InChI is InChI=1S/C23H17ClF3N5O/c24-19-8-7-16(11-18(19)23(25,26)27)32-22(33)31-15-5-3-14(4-6-15)10-17-12-21(30-13-29-17)20-2-1-9-28-20/h1-9,11-13,28H,10H2,(H2,31,32,33). The van der Waals surface area contributed by atoms with E-state index in [0.29, 0.717) is 12.1 Å². The van der Waals surface area contributed by atoms with E-state index < -0.39 is 22.8 Å². The molecule has 168 valence electrons. The van der Waals surface area contributed by atoms with Crippen LogP contribution in [-0.4, -0.2) is 21.0 Å². The number of nitrogens with one attached hydrogen (secondary N) is 3. The predicted octanol–water partition coefficient (Wildman–Crippen LogP) is 6.38. The van der Waals surface area contributed by atoms with Crippen molar-refractivity contribution in [2.24, 2.45) is 0 Å². The molecule has 0 saturated carbocycles. The van der Waals surface area contributed by atoms with E-state index in [2.05, 4.69) is 25.6 Å². The lowest BCUT2D eigenvalue weighted by molar-refractivity contribution is -0.137. The summed E-state index contributed by atoms with van der Waals surface area (Å²) in [6, 6.07) is 15.3. The van der Waals surface area contributed by atoms with Gasteiger partial charge in [0.15, 0.2) is 0 Å². The van der Waals surface area contributed by atoms with E-state index in [1.807, 2.05) is 36.5 Å². The number of hydrogen-bond acceptors (Lipinski definition) is 3. The zero-order chi connectivity index (χ0) is 23.4. The maximum Gasteiger partial charge on any atom is 0.417 e. The minimum Gasteiger partial charge on any atom is -0.360 e. The van der Waals surface area contributed by atoms with Gasteiger partial charge in [0.05, 0.1) is 22.0 Å². The molecule has 4 aromatic rings. The molecule has 0 saturated heterocycles. The molecule has 0 atom stereocenters. The van der Waals surface area contributed by atoms with Crippen LogP contribution in [-0.2, 0) is 12.6 Å². The molecular formula is C23H17ClF3N5O. The molecule has 0 aliphatic rings. The quantitative estimate of drug-likeness (QED) is 0.316. The largest absolute Gasteiger partial charge is 0.417 e. The summed E-state index contributed by atoms with van der Waals surface area (Å²) in [6.45, 7) is 0. The Kier molecular flexibility index (Phi) is 6.32. The van der Waals surface area contributed by atoms with E-state index in [9.17, 15) is 18.0 Å². The summed E-state index contributed by atoms with van der Waals surface area (Å²) < 4.78 is 38.9. The molecule has 3 N–H and O–H groups in total. The van der Waals surface area contributed by atoms with Crippen molar-refractivity contribution < 1.29 is 18.0 Å². The Hall–Kier alpha value is -3.85. The van der Waals surface area contributed by atoms with Crippen molar-refractivity contribution in [2.75, 3.05) is 10.6 Å². The number of benzene rings is 2. The summed E-state index contributed by atoms with van der Waals surface area (Å²) in [4.78, 5) is 23.9. The van der Waals surface area contributed by atoms with Crippen LogP contribution in [0.4, 0.5) is 29.3 Å². The number of carbonyl (C=O) groups excluding carboxylic acids is 1. The van der Waals surface area contributed by atoms with Crippen LogP contribution in [0.1, 0.15) is 16.8 Å². The number of aromatic nitrogens is 3. The van der Waals surface area contributed by atoms with E-state index in [4.69, 9.17) is 11.6 Å². The van der Waals surface area contributed by atoms with E-state index in [0.717, 1.165) is 34.8 Å². The number of alkyl halides is 3. The van der Waals surface area contributed by atoms with Gasteiger partial charge in [-0.25, -0.2) is 14.8 Å². The van der Waals surface area contributed by atoms with Crippen LogP contribution < -0.4 is 10.6 Å². The fraction of sp³-hybridized carbons (Fsp3) is 0.0870. The van der Waals surface area contributed by atoms with Crippen LogP contribution >= 0.6 is 11.6 Å². The lowest BCUT2D eigenvalue weighted by atomic mass is 10.1. The molecular weight excluding hydrogens is 455 g/mol. The third-order valence-electron chi connectivity index (χ3n) is 4.72. The molecule has 0 spiro atoms. The Morgan fingerprint density at radius 2 is 1.70 bits per heavy atom. The number of rotatable bonds is 5. The molecule has 2 aromatic heterocycles. The van der Waals surface area contributed by atoms with Crippen molar-refractivity contribution in [3.05, 3.63) is 95.0 Å². The average Bonchev–Trinajstić information content (AvgIpc) is 3.31. The molecule has 2 heterocycles. The molecule has 6 nitrogen and oxygen atoms in total. The first kappa shape index (κ1) is 22.3. The van der Waals surface area contributed by atoms with Gasteiger partial charge in [0, 0.05) is 29.7 Å². The number of anilines is 2. The van der Waals surface area contributed by atoms with Gasteiger partial charge in [0.2, 0.25) is 0 Å². The molecule has 0 fully saturated rings. The van der Waals surface area contributed by atoms with Gasteiger partial charge in [-0.1, -0.05) is 23.7 Å². The van der Waals surface area contributed by atoms with Crippen molar-refractivity contribution in [1.82, 2.24) is 15.0 Å². The van der Waals surface area contributed by atoms with E-state index in [1.165, 1.54) is 12.4 Å². The Morgan fingerprint density at radius 1 is 0.970 bits per heavy atom. The number of halogens is 4. The Morgan fingerprint density at radius 3 is 2.39 bits per heavy atom. The molecule has 10 heteroatoms. The number of urea groups is 1. The Labute approximate surface area is 191 Å². The molecule has 2 amide bonds. The Balaban J connectivity index is 1.38. The van der Waals surface area contributed by atoms with Crippen LogP contribution in [0.2, 0.25) is 5.02 Å². The summed E-state index contributed by atoms with van der Waals surface area (Å²) in [5, 5.41) is 4.53. The van der Waals surface area contributed by atoms with Crippen LogP contribution in [0.25, 0.3) is 11.4 Å². The fourth-order valence-electron chi connectivity index (χ4n) is 3.16. The maximum atomic E-state index is 13.0. The highest BCUT2D eigenvalue weighted by Gasteiger charge is 2.33. The highest BCUT2D eigenvalue weighted by atomic mass is 35.5. The minimum absolute atomic E-state index is 0.0255. The van der Waals surface area contributed by atoms with Gasteiger partial charge in [0.1, 0.15) is 6.33 Å². The van der Waals surface area contributed by atoms with Gasteiger partial charge in [-0.05, 0) is 54.1 Å². The number of amides is 2. The van der Waals surface area contributed by atoms with Crippen LogP contribution in [0.15, 0.2) is 73.2 Å². The summed E-state index contributed by atoms with van der Waals surface area (Å²) in [5.41, 5.74) is 2.91. The van der Waals surface area contributed by atoms with Gasteiger partial charge in [0.25, 0.3) is 0 Å². The molecule has 0 aliphatic carbocycles. The summed E-state index contributed by atoms with van der Waals surface area (Å²) in [6.07, 6.45) is -0.728. The zero-order valence-electron chi connectivity index (χ0n) is 16.9. The summed E-state index contributed by atoms with van der Waals surface area (Å²) in [5.74, 6) is 0. The minimum atomic E-state index is -4.62. The van der Waals surface area contributed by atoms with Gasteiger partial charge in [-0.15, -0.1) is 0 Å². The van der Waals surface area contributed by atoms with E-state index >= 15 is 0 Å². The fourth-order valence-corrected chi connectivity index (χ4v) is 3.38. The molecule has 0 bridgehead atoms. The Bertz CT molecular complexity index is 1260. The third kappa shape index (κ3) is 5.69. The average molecular weight is 472 g/mol. The molecule has 33 heavy (non-hydrogen) atoms. The van der Waals surface area contributed by atoms with Crippen LogP contribution in [0.5, 0.6) is 0 Å². The number of carbonyl (C=O) groups is 1. The highest BCUT2D eigenvalue weighted by Crippen LogP contribution is 2.36. The highest BCUT2D eigenvalue weighted by molar-refractivity contribution is 6.31. The number of hydrogen-bond donors (Lipinski definition) is 3. The van der Waals surface area contributed by atoms with Gasteiger partial charge >= 0.3 is 12.2 Å². The lowest BCUT2D eigenvalue weighted by Crippen LogP contribution is -2.20. The monoisotopic (exact) mass is 471 g/mol. The number of aromatic amines is 1. The number of H-pyrrole nitrogens is 1. The topological polar surface area (TPSA) is 82.7 Å². The van der Waals surface area contributed by atoms with Gasteiger partial charge in [-0.2, -0.15) is 13.2 Å². The predicted molar refractivity (Wildman–Crippen MR) is 120 cm³/mol. The molecule has 0 unspecified atom stereocenters. The lowest BCUT2D eigenvalue weighted by Gasteiger charge is -2.12. The van der Waals surface area contributed by atoms with E-state index in [-0.39, 0.29) is 5.69 Å². The van der Waals surface area contributed by atoms with Crippen molar-refractivity contribution in [2.45, 2.75) is 12.6 Å². The molecule has 4 rings (SSSR count). The smallest absolute Gasteiger partial charge is 0.360 e. The normalized spacial score (nSPS) is 11.3. The summed E-state index contributed by atoms with van der Waals surface area (Å²) in [7, 11) is 0. The van der Waals surface area contributed by atoms with Crippen molar-refractivity contribution in [1.29, 1.82) is 0 Å². The first-order valence-corrected chi connectivity index (χ1v) is 10.1. The second-order valence-electron chi connectivity index (χ2n) is 7.12. The van der Waals surface area contributed by atoms with Crippen molar-refractivity contribution in [3.8, 4) is 11.4 Å². The van der Waals surface area contributed by atoms with Gasteiger partial charge < -0.3 is 15.6 Å². The molecule has 0 radical (unpaired) electrons. The van der Waals surface area contributed by atoms with Crippen LogP contribution in [0.3, 0.4) is 0 Å². The zero-order valence-corrected chi connectivity index (χ0v) is 17.7. The van der Waals surface area contributed by atoms with E-state index in [1.54, 1.807) is 12.1 Å². The second kappa shape index (κ2) is 9.33. The molecule has 0 aliphatic heterocycles. The SMILES string of the molecule is O=C(Nc1ccc(Cc2cc(-c3ccc[nH]3)ncn2)cc1)Nc1ccc(Cl)c(C(F)(F)F)c1. The first-order valence-electron chi connectivity index (χ1n) is 9.76. The van der Waals surface area contributed by atoms with Crippen LogP contribution in [0, 0.1) is 0 Å². The second-order valence-corrected chi connectivity index (χ2v) is 7.53. The summed E-state index contributed by atoms with van der Waals surface area (Å²) >= 11 is 5.60. The van der Waals surface area contributed by atoms with Crippen molar-refractivity contribution in [3.63, 3.8) is 0 Å². The van der Waals surface area contributed by atoms with Crippen molar-refractivity contribution >= 4 is 29.0 Å². The third-order valence-corrected chi connectivity index (χ3v) is 5.05. The maximum absolute atomic E-state index is 13.0. The van der Waals surface area contributed by atoms with Gasteiger partial charge in [-0.3, -0.25) is 0 Å². The number of nitrogens with zero attached hydrogens (tertiary/aromatic N) is 2.